The van der Waals surface area contributed by atoms with Gasteiger partial charge in [-0.3, -0.25) is 0 Å². The monoisotopic (exact) mass is 155 g/mol. The molecule has 0 unspecified atom stereocenters. The van der Waals surface area contributed by atoms with E-state index in [1.165, 1.54) is 6.08 Å². The van der Waals surface area contributed by atoms with Crippen molar-refractivity contribution in [3.05, 3.63) is 11.8 Å². The Bertz CT molecular complexity index is 167. The number of hydrogen-bond acceptors (Lipinski definition) is 3. The summed E-state index contributed by atoms with van der Waals surface area (Å²) in [6.07, 6.45) is 3.63. The minimum absolute atomic E-state index is 0.239. The molecule has 0 amide bonds. The van der Waals surface area contributed by atoms with E-state index in [0.29, 0.717) is 6.61 Å². The maximum Gasteiger partial charge on any atom is 0.332 e. The summed E-state index contributed by atoms with van der Waals surface area (Å²) in [7, 11) is 0. The predicted octanol–water partition coefficient (Wildman–Crippen LogP) is 0.817. The number of nitrogens with one attached hydrogen (secondary N) is 1. The number of carbonyl (C=O) groups is 1. The number of allylic oxidation sites excluding steroid dienone is 1. The molecular formula is C8H13NO2. The molecule has 11 heavy (non-hydrogen) atoms. The maximum atomic E-state index is 10.9. The minimum Gasteiger partial charge on any atom is -0.463 e. The molecule has 1 rings (SSSR count). The molecule has 0 aromatic heterocycles. The molecule has 0 bridgehead atoms. The standard InChI is InChI=1S/C8H13NO2/c1-2-11-8(10)6-7-4-3-5-9-7/h6,9H,2-5H2,1H3/b7-6-. The van der Waals surface area contributed by atoms with Crippen LogP contribution in [0, 0.1) is 0 Å². The van der Waals surface area contributed by atoms with Crippen LogP contribution in [0.15, 0.2) is 11.8 Å². The molecule has 1 aliphatic rings. The first-order valence-corrected chi connectivity index (χ1v) is 3.94. The third kappa shape index (κ3) is 2.62. The van der Waals surface area contributed by atoms with E-state index in [0.717, 1.165) is 25.1 Å². The Morgan fingerprint density at radius 1 is 1.82 bits per heavy atom. The fourth-order valence-electron chi connectivity index (χ4n) is 1.07. The van der Waals surface area contributed by atoms with E-state index in [1.807, 2.05) is 0 Å². The van der Waals surface area contributed by atoms with Gasteiger partial charge in [0.25, 0.3) is 0 Å². The number of hydrogen-bond donors (Lipinski definition) is 1. The van der Waals surface area contributed by atoms with Gasteiger partial charge in [0.15, 0.2) is 0 Å². The Kier molecular flexibility index (Phi) is 2.95. The van der Waals surface area contributed by atoms with E-state index in [2.05, 4.69) is 5.32 Å². The molecule has 0 saturated carbocycles. The van der Waals surface area contributed by atoms with E-state index in [4.69, 9.17) is 4.74 Å². The summed E-state index contributed by atoms with van der Waals surface area (Å²) in [5.41, 5.74) is 1.00. The van der Waals surface area contributed by atoms with Gasteiger partial charge in [0.1, 0.15) is 0 Å². The van der Waals surface area contributed by atoms with Gasteiger partial charge in [0.2, 0.25) is 0 Å². The van der Waals surface area contributed by atoms with Crippen LogP contribution in [0.4, 0.5) is 0 Å². The molecule has 1 aliphatic heterocycles. The minimum atomic E-state index is -0.239. The summed E-state index contributed by atoms with van der Waals surface area (Å²) in [5.74, 6) is -0.239. The van der Waals surface area contributed by atoms with Gasteiger partial charge in [-0.15, -0.1) is 0 Å². The van der Waals surface area contributed by atoms with Crippen molar-refractivity contribution in [2.75, 3.05) is 13.2 Å². The van der Waals surface area contributed by atoms with Crippen molar-refractivity contribution in [1.29, 1.82) is 0 Å². The molecule has 0 aromatic carbocycles. The summed E-state index contributed by atoms with van der Waals surface area (Å²) in [5, 5.41) is 3.11. The van der Waals surface area contributed by atoms with Crippen molar-refractivity contribution < 1.29 is 9.53 Å². The lowest BCUT2D eigenvalue weighted by molar-refractivity contribution is -0.137. The van der Waals surface area contributed by atoms with E-state index < -0.39 is 0 Å². The van der Waals surface area contributed by atoms with Crippen molar-refractivity contribution in [1.82, 2.24) is 5.32 Å². The molecule has 3 heteroatoms. The first kappa shape index (κ1) is 8.11. The Balaban J connectivity index is 2.36. The highest BCUT2D eigenvalue weighted by molar-refractivity contribution is 5.82. The van der Waals surface area contributed by atoms with Crippen molar-refractivity contribution in [3.63, 3.8) is 0 Å². The van der Waals surface area contributed by atoms with Crippen molar-refractivity contribution >= 4 is 5.97 Å². The third-order valence-corrected chi connectivity index (χ3v) is 1.55. The molecule has 1 heterocycles. The highest BCUT2D eigenvalue weighted by Gasteiger charge is 2.06. The summed E-state index contributed by atoms with van der Waals surface area (Å²) < 4.78 is 4.75. The third-order valence-electron chi connectivity index (χ3n) is 1.55. The molecular weight excluding hydrogens is 142 g/mol. The van der Waals surface area contributed by atoms with Gasteiger partial charge in [0, 0.05) is 18.3 Å². The van der Waals surface area contributed by atoms with Crippen LogP contribution in [0.3, 0.4) is 0 Å². The van der Waals surface area contributed by atoms with Gasteiger partial charge < -0.3 is 10.1 Å². The van der Waals surface area contributed by atoms with E-state index in [1.54, 1.807) is 6.92 Å². The molecule has 3 nitrogen and oxygen atoms in total. The average molecular weight is 155 g/mol. The fourth-order valence-corrected chi connectivity index (χ4v) is 1.07. The van der Waals surface area contributed by atoms with Gasteiger partial charge in [-0.1, -0.05) is 0 Å². The number of carbonyl (C=O) groups excluding carboxylic acids is 1. The number of ether oxygens (including phenoxy) is 1. The quantitative estimate of drug-likeness (QED) is 0.474. The second kappa shape index (κ2) is 4.01. The van der Waals surface area contributed by atoms with E-state index >= 15 is 0 Å². The Labute approximate surface area is 66.4 Å². The summed E-state index contributed by atoms with van der Waals surface area (Å²) in [6.45, 7) is 3.23. The van der Waals surface area contributed by atoms with Gasteiger partial charge >= 0.3 is 5.97 Å². The van der Waals surface area contributed by atoms with Crippen LogP contribution >= 0.6 is 0 Å². The summed E-state index contributed by atoms with van der Waals surface area (Å²) in [6, 6.07) is 0. The second-order valence-corrected chi connectivity index (χ2v) is 2.45. The van der Waals surface area contributed by atoms with Gasteiger partial charge in [-0.2, -0.15) is 0 Å². The highest BCUT2D eigenvalue weighted by Crippen LogP contribution is 2.07. The first-order valence-electron chi connectivity index (χ1n) is 3.94. The van der Waals surface area contributed by atoms with Gasteiger partial charge in [0.05, 0.1) is 6.61 Å². The van der Waals surface area contributed by atoms with Crippen LogP contribution in [0.5, 0.6) is 0 Å². The molecule has 0 aliphatic carbocycles. The summed E-state index contributed by atoms with van der Waals surface area (Å²) >= 11 is 0. The predicted molar refractivity (Wildman–Crippen MR) is 42.0 cm³/mol. The topological polar surface area (TPSA) is 38.3 Å². The molecule has 1 saturated heterocycles. The lowest BCUT2D eigenvalue weighted by atomic mass is 10.3. The normalized spacial score (nSPS) is 19.9. The molecule has 0 aromatic rings. The zero-order valence-electron chi connectivity index (χ0n) is 6.72. The molecule has 0 spiro atoms. The van der Waals surface area contributed by atoms with Crippen LogP contribution < -0.4 is 5.32 Å². The van der Waals surface area contributed by atoms with Crippen LogP contribution in [0.1, 0.15) is 19.8 Å². The molecule has 0 radical (unpaired) electrons. The van der Waals surface area contributed by atoms with E-state index in [9.17, 15) is 4.79 Å². The zero-order chi connectivity index (χ0) is 8.10. The Hall–Kier alpha value is -0.990. The SMILES string of the molecule is CCOC(=O)/C=C1/CCCN1. The lowest BCUT2D eigenvalue weighted by Gasteiger charge is -1.98. The van der Waals surface area contributed by atoms with Crippen LogP contribution in [-0.4, -0.2) is 19.1 Å². The Morgan fingerprint density at radius 2 is 2.64 bits per heavy atom. The smallest absolute Gasteiger partial charge is 0.332 e. The van der Waals surface area contributed by atoms with Crippen LogP contribution in [0.25, 0.3) is 0 Å². The van der Waals surface area contributed by atoms with Crippen molar-refractivity contribution in [2.45, 2.75) is 19.8 Å². The van der Waals surface area contributed by atoms with Crippen LogP contribution in [-0.2, 0) is 9.53 Å². The molecule has 1 fully saturated rings. The van der Waals surface area contributed by atoms with Gasteiger partial charge in [-0.25, -0.2) is 4.79 Å². The van der Waals surface area contributed by atoms with Crippen LogP contribution in [0.2, 0.25) is 0 Å². The number of esters is 1. The van der Waals surface area contributed by atoms with Crippen molar-refractivity contribution in [3.8, 4) is 0 Å². The average Bonchev–Trinajstić information content (AvgIpc) is 2.40. The zero-order valence-corrected chi connectivity index (χ0v) is 6.72. The molecule has 62 valence electrons. The Morgan fingerprint density at radius 3 is 3.18 bits per heavy atom. The molecule has 0 atom stereocenters. The molecule has 1 N–H and O–H groups in total. The fraction of sp³-hybridized carbons (Fsp3) is 0.625. The van der Waals surface area contributed by atoms with Gasteiger partial charge in [-0.05, 0) is 19.8 Å². The highest BCUT2D eigenvalue weighted by atomic mass is 16.5. The van der Waals surface area contributed by atoms with E-state index in [-0.39, 0.29) is 5.97 Å². The maximum absolute atomic E-state index is 10.9. The second-order valence-electron chi connectivity index (χ2n) is 2.45. The first-order chi connectivity index (χ1) is 5.33. The summed E-state index contributed by atoms with van der Waals surface area (Å²) in [4.78, 5) is 10.9. The lowest BCUT2D eigenvalue weighted by Crippen LogP contribution is -2.07. The largest absolute Gasteiger partial charge is 0.463 e. The number of rotatable bonds is 2. The van der Waals surface area contributed by atoms with Crippen molar-refractivity contribution in [2.24, 2.45) is 0 Å².